The predicted octanol–water partition coefficient (Wildman–Crippen LogP) is 5.75. The third-order valence-corrected chi connectivity index (χ3v) is 4.66. The summed E-state index contributed by atoms with van der Waals surface area (Å²) in [5, 5.41) is 6.83. The van der Waals surface area contributed by atoms with Gasteiger partial charge in [0.2, 0.25) is 0 Å². The lowest BCUT2D eigenvalue weighted by Gasteiger charge is -2.04. The minimum atomic E-state index is 0.905. The zero-order chi connectivity index (χ0) is 16.8. The van der Waals surface area contributed by atoms with Crippen LogP contribution in [0.5, 0.6) is 0 Å². The third-order valence-electron chi connectivity index (χ3n) is 4.66. The Balaban J connectivity index is 1.62. The maximum absolute atomic E-state index is 6.00. The standard InChI is InChI=1S/C22H16N2O/c1-15-6-2-4-8-20(15)24-14-17(13-23-24)16-10-11-19-18-7-3-5-9-21(18)25-22(19)12-16/h2-14H,1H3. The van der Waals surface area contributed by atoms with Crippen molar-refractivity contribution in [1.82, 2.24) is 9.78 Å². The lowest BCUT2D eigenvalue weighted by molar-refractivity contribution is 0.669. The molecular weight excluding hydrogens is 308 g/mol. The first-order chi connectivity index (χ1) is 12.3. The van der Waals surface area contributed by atoms with Crippen LogP contribution < -0.4 is 0 Å². The molecule has 0 atom stereocenters. The molecule has 0 saturated heterocycles. The molecule has 0 aliphatic rings. The number of aromatic nitrogens is 2. The first kappa shape index (κ1) is 14.1. The van der Waals surface area contributed by atoms with Crippen molar-refractivity contribution in [2.75, 3.05) is 0 Å². The highest BCUT2D eigenvalue weighted by Crippen LogP contribution is 2.32. The fraction of sp³-hybridized carbons (Fsp3) is 0.0455. The molecule has 0 radical (unpaired) electrons. The average Bonchev–Trinajstić information content (AvgIpc) is 3.26. The van der Waals surface area contributed by atoms with Gasteiger partial charge in [0.25, 0.3) is 0 Å². The van der Waals surface area contributed by atoms with E-state index >= 15 is 0 Å². The summed E-state index contributed by atoms with van der Waals surface area (Å²) < 4.78 is 7.92. The number of benzene rings is 3. The Morgan fingerprint density at radius 1 is 0.800 bits per heavy atom. The van der Waals surface area contributed by atoms with Gasteiger partial charge < -0.3 is 4.42 Å². The van der Waals surface area contributed by atoms with Crippen LogP contribution in [0.3, 0.4) is 0 Å². The molecule has 120 valence electrons. The molecule has 5 aromatic rings. The number of hydrogen-bond donors (Lipinski definition) is 0. The molecule has 2 heterocycles. The number of rotatable bonds is 2. The van der Waals surface area contributed by atoms with Crippen LogP contribution in [0.2, 0.25) is 0 Å². The van der Waals surface area contributed by atoms with Crippen LogP contribution in [0, 0.1) is 6.92 Å². The van der Waals surface area contributed by atoms with Gasteiger partial charge >= 0.3 is 0 Å². The molecule has 25 heavy (non-hydrogen) atoms. The minimum Gasteiger partial charge on any atom is -0.456 e. The van der Waals surface area contributed by atoms with Crippen molar-refractivity contribution in [3.05, 3.63) is 84.7 Å². The second kappa shape index (κ2) is 5.35. The van der Waals surface area contributed by atoms with Crippen molar-refractivity contribution in [3.63, 3.8) is 0 Å². The summed E-state index contributed by atoms with van der Waals surface area (Å²) in [5.74, 6) is 0. The molecule has 0 saturated carbocycles. The summed E-state index contributed by atoms with van der Waals surface area (Å²) in [6.45, 7) is 2.09. The summed E-state index contributed by atoms with van der Waals surface area (Å²) in [6, 6.07) is 22.7. The summed E-state index contributed by atoms with van der Waals surface area (Å²) in [6.07, 6.45) is 3.96. The zero-order valence-electron chi connectivity index (χ0n) is 13.8. The third kappa shape index (κ3) is 2.24. The van der Waals surface area contributed by atoms with Gasteiger partial charge in [-0.05, 0) is 42.3 Å². The molecule has 5 rings (SSSR count). The van der Waals surface area contributed by atoms with Crippen LogP contribution in [0.15, 0.2) is 83.5 Å². The Morgan fingerprint density at radius 2 is 1.60 bits per heavy atom. The summed E-state index contributed by atoms with van der Waals surface area (Å²) in [5.41, 5.74) is 6.30. The fourth-order valence-corrected chi connectivity index (χ4v) is 3.33. The van der Waals surface area contributed by atoms with Gasteiger partial charge in [0.15, 0.2) is 0 Å². The highest BCUT2D eigenvalue weighted by molar-refractivity contribution is 6.05. The maximum atomic E-state index is 6.00. The number of furan rings is 1. The Labute approximate surface area is 145 Å². The maximum Gasteiger partial charge on any atom is 0.136 e. The number of hydrogen-bond acceptors (Lipinski definition) is 2. The van der Waals surface area contributed by atoms with E-state index in [4.69, 9.17) is 4.42 Å². The van der Waals surface area contributed by atoms with Gasteiger partial charge in [0, 0.05) is 22.5 Å². The van der Waals surface area contributed by atoms with Crippen molar-refractivity contribution in [2.45, 2.75) is 6.92 Å². The van der Waals surface area contributed by atoms with Crippen LogP contribution in [0.25, 0.3) is 38.8 Å². The zero-order valence-corrected chi connectivity index (χ0v) is 13.8. The molecule has 0 unspecified atom stereocenters. The van der Waals surface area contributed by atoms with E-state index in [0.29, 0.717) is 0 Å². The van der Waals surface area contributed by atoms with Gasteiger partial charge in [-0.2, -0.15) is 5.10 Å². The summed E-state index contributed by atoms with van der Waals surface area (Å²) >= 11 is 0. The molecule has 0 bridgehead atoms. The van der Waals surface area contributed by atoms with Gasteiger partial charge in [-0.25, -0.2) is 4.68 Å². The molecule has 0 spiro atoms. The van der Waals surface area contributed by atoms with Gasteiger partial charge in [0.05, 0.1) is 11.9 Å². The van der Waals surface area contributed by atoms with E-state index in [-0.39, 0.29) is 0 Å². The average molecular weight is 324 g/mol. The number of aryl methyl sites for hydroxylation is 1. The molecule has 0 aliphatic carbocycles. The summed E-state index contributed by atoms with van der Waals surface area (Å²) in [7, 11) is 0. The van der Waals surface area contributed by atoms with E-state index in [2.05, 4.69) is 54.6 Å². The SMILES string of the molecule is Cc1ccccc1-n1cc(-c2ccc3c(c2)oc2ccccc23)cn1. The number of para-hydroxylation sites is 2. The molecule has 3 nitrogen and oxygen atoms in total. The van der Waals surface area contributed by atoms with Crippen LogP contribution >= 0.6 is 0 Å². The first-order valence-electron chi connectivity index (χ1n) is 8.32. The minimum absolute atomic E-state index is 0.905. The molecular formula is C22H16N2O. The second-order valence-electron chi connectivity index (χ2n) is 6.27. The van der Waals surface area contributed by atoms with Gasteiger partial charge in [-0.1, -0.05) is 42.5 Å². The van der Waals surface area contributed by atoms with E-state index in [9.17, 15) is 0 Å². The molecule has 3 aromatic carbocycles. The van der Waals surface area contributed by atoms with E-state index in [1.165, 1.54) is 5.56 Å². The van der Waals surface area contributed by atoms with Gasteiger partial charge in [-0.3, -0.25) is 0 Å². The quantitative estimate of drug-likeness (QED) is 0.414. The largest absolute Gasteiger partial charge is 0.456 e. The van der Waals surface area contributed by atoms with E-state index in [1.54, 1.807) is 0 Å². The fourth-order valence-electron chi connectivity index (χ4n) is 3.33. The topological polar surface area (TPSA) is 31.0 Å². The second-order valence-corrected chi connectivity index (χ2v) is 6.27. The van der Waals surface area contributed by atoms with Gasteiger partial charge in [-0.15, -0.1) is 0 Å². The molecule has 0 aliphatic heterocycles. The van der Waals surface area contributed by atoms with Crippen molar-refractivity contribution in [2.24, 2.45) is 0 Å². The Hall–Kier alpha value is -3.33. The first-order valence-corrected chi connectivity index (χ1v) is 8.32. The van der Waals surface area contributed by atoms with Crippen molar-refractivity contribution < 1.29 is 4.42 Å². The van der Waals surface area contributed by atoms with Gasteiger partial charge in [0.1, 0.15) is 11.2 Å². The lowest BCUT2D eigenvalue weighted by Crippen LogP contribution is -1.96. The molecule has 0 N–H and O–H groups in total. The Bertz CT molecular complexity index is 1210. The smallest absolute Gasteiger partial charge is 0.136 e. The lowest BCUT2D eigenvalue weighted by atomic mass is 10.1. The van der Waals surface area contributed by atoms with Crippen molar-refractivity contribution in [3.8, 4) is 16.8 Å². The molecule has 2 aromatic heterocycles. The van der Waals surface area contributed by atoms with Crippen LogP contribution in [-0.4, -0.2) is 9.78 Å². The Kier molecular flexibility index (Phi) is 3.01. The highest BCUT2D eigenvalue weighted by atomic mass is 16.3. The van der Waals surface area contributed by atoms with E-state index in [0.717, 1.165) is 38.8 Å². The van der Waals surface area contributed by atoms with Crippen LogP contribution in [-0.2, 0) is 0 Å². The van der Waals surface area contributed by atoms with E-state index < -0.39 is 0 Å². The van der Waals surface area contributed by atoms with Crippen LogP contribution in [0.4, 0.5) is 0 Å². The van der Waals surface area contributed by atoms with Crippen LogP contribution in [0.1, 0.15) is 5.56 Å². The summed E-state index contributed by atoms with van der Waals surface area (Å²) in [4.78, 5) is 0. The molecule has 0 fully saturated rings. The number of nitrogens with zero attached hydrogens (tertiary/aromatic N) is 2. The Morgan fingerprint density at radius 3 is 2.52 bits per heavy atom. The van der Waals surface area contributed by atoms with Crippen molar-refractivity contribution in [1.29, 1.82) is 0 Å². The molecule has 3 heteroatoms. The van der Waals surface area contributed by atoms with E-state index in [1.807, 2.05) is 41.2 Å². The monoisotopic (exact) mass is 324 g/mol. The normalized spacial score (nSPS) is 11.4. The highest BCUT2D eigenvalue weighted by Gasteiger charge is 2.10. The molecule has 0 amide bonds. The predicted molar refractivity (Wildman–Crippen MR) is 101 cm³/mol. The number of fused-ring (bicyclic) bond motifs is 3. The van der Waals surface area contributed by atoms with Crippen molar-refractivity contribution >= 4 is 21.9 Å².